The highest BCUT2D eigenvalue weighted by atomic mass is 32.1. The van der Waals surface area contributed by atoms with Gasteiger partial charge in [-0.25, -0.2) is 0 Å². The lowest BCUT2D eigenvalue weighted by Crippen LogP contribution is -1.84. The summed E-state index contributed by atoms with van der Waals surface area (Å²) in [5.41, 5.74) is 7.46. The summed E-state index contributed by atoms with van der Waals surface area (Å²) in [4.78, 5) is 11.5. The SMILES string of the molecule is Nc1nc(=S)[nH][nH]1.c1cc(-c2ccncc2)ccn1. The lowest BCUT2D eigenvalue weighted by Gasteiger charge is -1.97. The monoisotopic (exact) mass is 272 g/mol. The van der Waals surface area contributed by atoms with Gasteiger partial charge in [0.2, 0.25) is 10.7 Å². The third-order valence-corrected chi connectivity index (χ3v) is 2.41. The maximum atomic E-state index is 5.11. The Bertz CT molecular complexity index is 624. The van der Waals surface area contributed by atoms with E-state index in [-0.39, 0.29) is 0 Å². The lowest BCUT2D eigenvalue weighted by molar-refractivity contribution is 1.08. The molecule has 3 heterocycles. The molecule has 0 amide bonds. The molecule has 0 radical (unpaired) electrons. The van der Waals surface area contributed by atoms with Gasteiger partial charge in [0.25, 0.3) is 0 Å². The molecule has 3 aromatic heterocycles. The minimum absolute atomic E-state index is 0.324. The summed E-state index contributed by atoms with van der Waals surface area (Å²) in [6.07, 6.45) is 7.15. The van der Waals surface area contributed by atoms with E-state index in [1.165, 1.54) is 11.1 Å². The van der Waals surface area contributed by atoms with Crippen LogP contribution in [0.5, 0.6) is 0 Å². The first-order valence-electron chi connectivity index (χ1n) is 5.46. The molecular formula is C12H12N6S. The topological polar surface area (TPSA) is 96.3 Å². The van der Waals surface area contributed by atoms with Crippen LogP contribution in [-0.4, -0.2) is 25.1 Å². The van der Waals surface area contributed by atoms with Gasteiger partial charge in [0.15, 0.2) is 0 Å². The summed E-state index contributed by atoms with van der Waals surface area (Å²) in [5.74, 6) is 0.324. The molecule has 3 aromatic rings. The molecule has 0 unspecified atom stereocenters. The standard InChI is InChI=1S/C10H8N2.C2H4N4S/c1-5-11-6-2-9(1)10-3-7-12-8-4-10;3-1-4-2(7)6-5-1/h1-8H;(H4,3,4,5,6,7). The number of pyridine rings is 2. The Morgan fingerprint density at radius 1 is 0.842 bits per heavy atom. The molecule has 0 aromatic carbocycles. The van der Waals surface area contributed by atoms with Gasteiger partial charge in [0, 0.05) is 24.8 Å². The Morgan fingerprint density at radius 3 is 1.58 bits per heavy atom. The molecule has 0 spiro atoms. The molecule has 0 atom stereocenters. The van der Waals surface area contributed by atoms with Gasteiger partial charge in [0.1, 0.15) is 0 Å². The molecule has 0 saturated heterocycles. The van der Waals surface area contributed by atoms with Crippen molar-refractivity contribution in [1.29, 1.82) is 0 Å². The molecular weight excluding hydrogens is 260 g/mol. The molecule has 19 heavy (non-hydrogen) atoms. The van der Waals surface area contributed by atoms with E-state index in [1.54, 1.807) is 24.8 Å². The van der Waals surface area contributed by atoms with E-state index in [2.05, 4.69) is 37.4 Å². The first-order valence-corrected chi connectivity index (χ1v) is 5.87. The first-order chi connectivity index (χ1) is 9.25. The van der Waals surface area contributed by atoms with Crippen molar-refractivity contribution in [2.45, 2.75) is 0 Å². The van der Waals surface area contributed by atoms with Crippen LogP contribution in [-0.2, 0) is 0 Å². The van der Waals surface area contributed by atoms with Gasteiger partial charge in [-0.15, -0.1) is 0 Å². The third kappa shape index (κ3) is 4.00. The van der Waals surface area contributed by atoms with Crippen LogP contribution in [0.3, 0.4) is 0 Å². The minimum atomic E-state index is 0.324. The Hall–Kier alpha value is -2.54. The summed E-state index contributed by atoms with van der Waals surface area (Å²) in [6, 6.07) is 7.93. The smallest absolute Gasteiger partial charge is 0.215 e. The number of rotatable bonds is 1. The summed E-state index contributed by atoms with van der Waals surface area (Å²) >= 11 is 4.55. The van der Waals surface area contributed by atoms with Crippen LogP contribution in [0.2, 0.25) is 0 Å². The number of aromatic nitrogens is 5. The lowest BCUT2D eigenvalue weighted by atomic mass is 10.1. The van der Waals surface area contributed by atoms with Crippen LogP contribution >= 0.6 is 12.2 Å². The van der Waals surface area contributed by atoms with E-state index in [9.17, 15) is 0 Å². The Morgan fingerprint density at radius 2 is 1.32 bits per heavy atom. The van der Waals surface area contributed by atoms with Crippen molar-refractivity contribution in [2.24, 2.45) is 0 Å². The largest absolute Gasteiger partial charge is 0.368 e. The van der Waals surface area contributed by atoms with Gasteiger partial charge in [-0.1, -0.05) is 0 Å². The average Bonchev–Trinajstić information content (AvgIpc) is 2.85. The molecule has 0 saturated carbocycles. The molecule has 3 rings (SSSR count). The molecule has 0 fully saturated rings. The summed E-state index contributed by atoms with van der Waals surface area (Å²) in [5, 5.41) is 5.03. The summed E-state index contributed by atoms with van der Waals surface area (Å²) < 4.78 is 0.387. The van der Waals surface area contributed by atoms with Gasteiger partial charge in [-0.3, -0.25) is 20.2 Å². The zero-order valence-corrected chi connectivity index (χ0v) is 10.8. The van der Waals surface area contributed by atoms with Crippen LogP contribution in [0.4, 0.5) is 5.95 Å². The van der Waals surface area contributed by atoms with Crippen molar-refractivity contribution in [1.82, 2.24) is 25.1 Å². The second kappa shape index (κ2) is 6.41. The predicted octanol–water partition coefficient (Wildman–Crippen LogP) is 2.19. The highest BCUT2D eigenvalue weighted by Gasteiger charge is 1.92. The van der Waals surface area contributed by atoms with Crippen molar-refractivity contribution in [3.8, 4) is 11.1 Å². The number of anilines is 1. The van der Waals surface area contributed by atoms with E-state index >= 15 is 0 Å². The normalized spacial score (nSPS) is 9.47. The molecule has 6 nitrogen and oxygen atoms in total. The molecule has 7 heteroatoms. The molecule has 0 aliphatic heterocycles. The van der Waals surface area contributed by atoms with Crippen LogP contribution < -0.4 is 5.73 Å². The average molecular weight is 272 g/mol. The molecule has 0 bridgehead atoms. The number of aromatic amines is 2. The number of hydrogen-bond acceptors (Lipinski definition) is 5. The van der Waals surface area contributed by atoms with E-state index < -0.39 is 0 Å². The molecule has 0 aliphatic rings. The fourth-order valence-electron chi connectivity index (χ4n) is 1.37. The fourth-order valence-corrected chi connectivity index (χ4v) is 1.52. The highest BCUT2D eigenvalue weighted by molar-refractivity contribution is 7.71. The Balaban J connectivity index is 0.000000163. The summed E-state index contributed by atoms with van der Waals surface area (Å²) in [7, 11) is 0. The van der Waals surface area contributed by atoms with Gasteiger partial charge < -0.3 is 5.73 Å². The number of hydrogen-bond donors (Lipinski definition) is 3. The van der Waals surface area contributed by atoms with E-state index in [1.807, 2.05) is 24.3 Å². The van der Waals surface area contributed by atoms with Crippen LogP contribution in [0.25, 0.3) is 11.1 Å². The zero-order chi connectivity index (χ0) is 13.5. The van der Waals surface area contributed by atoms with Crippen LogP contribution in [0.1, 0.15) is 0 Å². The first kappa shape index (κ1) is 12.9. The second-order valence-corrected chi connectivity index (χ2v) is 3.91. The Labute approximate surface area is 114 Å². The fraction of sp³-hybridized carbons (Fsp3) is 0. The van der Waals surface area contributed by atoms with Crippen LogP contribution in [0.15, 0.2) is 49.1 Å². The molecule has 96 valence electrons. The van der Waals surface area contributed by atoms with Gasteiger partial charge in [0.05, 0.1) is 0 Å². The number of H-pyrrole nitrogens is 2. The second-order valence-electron chi connectivity index (χ2n) is 3.52. The van der Waals surface area contributed by atoms with Crippen LogP contribution in [0, 0.1) is 4.77 Å². The van der Waals surface area contributed by atoms with Crippen molar-refractivity contribution in [3.05, 3.63) is 53.8 Å². The van der Waals surface area contributed by atoms with Gasteiger partial charge >= 0.3 is 0 Å². The Kier molecular flexibility index (Phi) is 4.35. The van der Waals surface area contributed by atoms with E-state index in [4.69, 9.17) is 5.73 Å². The van der Waals surface area contributed by atoms with Crippen molar-refractivity contribution < 1.29 is 0 Å². The number of nitrogen functional groups attached to an aromatic ring is 1. The van der Waals surface area contributed by atoms with Crippen molar-refractivity contribution >= 4 is 18.2 Å². The predicted molar refractivity (Wildman–Crippen MR) is 75.7 cm³/mol. The molecule has 4 N–H and O–H groups in total. The third-order valence-electron chi connectivity index (χ3n) is 2.21. The van der Waals surface area contributed by atoms with E-state index in [0.717, 1.165) is 0 Å². The minimum Gasteiger partial charge on any atom is -0.368 e. The maximum absolute atomic E-state index is 5.11. The highest BCUT2D eigenvalue weighted by Crippen LogP contribution is 2.15. The van der Waals surface area contributed by atoms with Crippen molar-refractivity contribution in [3.63, 3.8) is 0 Å². The quantitative estimate of drug-likeness (QED) is 0.590. The van der Waals surface area contributed by atoms with Gasteiger partial charge in [-0.2, -0.15) is 4.98 Å². The number of nitrogens with two attached hydrogens (primary N) is 1. The maximum Gasteiger partial charge on any atom is 0.215 e. The molecule has 0 aliphatic carbocycles. The zero-order valence-electron chi connectivity index (χ0n) is 9.95. The van der Waals surface area contributed by atoms with Crippen molar-refractivity contribution in [2.75, 3.05) is 5.73 Å². The number of nitrogens with one attached hydrogen (secondary N) is 2. The summed E-state index contributed by atoms with van der Waals surface area (Å²) in [6.45, 7) is 0. The van der Waals surface area contributed by atoms with E-state index in [0.29, 0.717) is 10.7 Å². The van der Waals surface area contributed by atoms with Gasteiger partial charge in [-0.05, 0) is 47.6 Å². The number of nitrogens with zero attached hydrogens (tertiary/aromatic N) is 3.